The molecule has 17 heavy (non-hydrogen) atoms. The van der Waals surface area contributed by atoms with Crippen LogP contribution in [-0.2, 0) is 4.74 Å². The number of ether oxygens (including phenoxy) is 1. The molecule has 1 rings (SSSR count). The van der Waals surface area contributed by atoms with Crippen molar-refractivity contribution in [3.63, 3.8) is 0 Å². The Morgan fingerprint density at radius 2 is 1.94 bits per heavy atom. The topological polar surface area (TPSA) is 21.3 Å². The SMILES string of the molecule is CCCC(OC)C(NC)c1ccc(C)c(C)c1. The maximum atomic E-state index is 5.61. The fourth-order valence-electron chi connectivity index (χ4n) is 2.23. The van der Waals surface area contributed by atoms with Gasteiger partial charge in [0.25, 0.3) is 0 Å². The van der Waals surface area contributed by atoms with E-state index in [4.69, 9.17) is 4.74 Å². The Balaban J connectivity index is 2.95. The summed E-state index contributed by atoms with van der Waals surface area (Å²) < 4.78 is 5.61. The van der Waals surface area contributed by atoms with Gasteiger partial charge in [0.1, 0.15) is 0 Å². The summed E-state index contributed by atoms with van der Waals surface area (Å²) >= 11 is 0. The van der Waals surface area contributed by atoms with Crippen LogP contribution in [-0.4, -0.2) is 20.3 Å². The quantitative estimate of drug-likeness (QED) is 0.816. The molecule has 96 valence electrons. The minimum Gasteiger partial charge on any atom is -0.379 e. The molecule has 1 aromatic rings. The summed E-state index contributed by atoms with van der Waals surface area (Å²) in [6.07, 6.45) is 2.46. The Bertz CT molecular complexity index is 349. The third kappa shape index (κ3) is 3.55. The fraction of sp³-hybridized carbons (Fsp3) is 0.600. The molecule has 0 spiro atoms. The molecule has 0 amide bonds. The van der Waals surface area contributed by atoms with E-state index in [9.17, 15) is 0 Å². The van der Waals surface area contributed by atoms with Crippen molar-refractivity contribution in [1.29, 1.82) is 0 Å². The molecule has 0 saturated carbocycles. The standard InChI is InChI=1S/C15H25NO/c1-6-7-14(17-5)15(16-4)13-9-8-11(2)12(3)10-13/h8-10,14-16H,6-7H2,1-5H3. The zero-order valence-corrected chi connectivity index (χ0v) is 11.7. The number of hydrogen-bond acceptors (Lipinski definition) is 2. The lowest BCUT2D eigenvalue weighted by Gasteiger charge is -2.26. The van der Waals surface area contributed by atoms with E-state index < -0.39 is 0 Å². The summed E-state index contributed by atoms with van der Waals surface area (Å²) in [5.41, 5.74) is 4.00. The molecular weight excluding hydrogens is 210 g/mol. The van der Waals surface area contributed by atoms with Crippen molar-refractivity contribution in [2.45, 2.75) is 45.8 Å². The average Bonchev–Trinajstić information content (AvgIpc) is 2.33. The fourth-order valence-corrected chi connectivity index (χ4v) is 2.23. The number of nitrogens with one attached hydrogen (secondary N) is 1. The predicted molar refractivity (Wildman–Crippen MR) is 73.4 cm³/mol. The first-order chi connectivity index (χ1) is 8.13. The molecule has 0 aliphatic carbocycles. The van der Waals surface area contributed by atoms with Crippen molar-refractivity contribution in [2.24, 2.45) is 0 Å². The van der Waals surface area contributed by atoms with Crippen LogP contribution in [0, 0.1) is 13.8 Å². The minimum absolute atomic E-state index is 0.243. The molecule has 0 aromatic heterocycles. The molecule has 0 radical (unpaired) electrons. The van der Waals surface area contributed by atoms with Crippen molar-refractivity contribution < 1.29 is 4.74 Å². The molecule has 2 nitrogen and oxygen atoms in total. The second kappa shape index (κ2) is 6.77. The van der Waals surface area contributed by atoms with Gasteiger partial charge in [0, 0.05) is 7.11 Å². The minimum atomic E-state index is 0.243. The Morgan fingerprint density at radius 3 is 2.41 bits per heavy atom. The number of rotatable bonds is 6. The maximum absolute atomic E-state index is 5.61. The first-order valence-electron chi connectivity index (χ1n) is 6.41. The van der Waals surface area contributed by atoms with Gasteiger partial charge < -0.3 is 10.1 Å². The summed E-state index contributed by atoms with van der Waals surface area (Å²) in [6.45, 7) is 6.50. The molecule has 0 saturated heterocycles. The zero-order valence-electron chi connectivity index (χ0n) is 11.7. The lowest BCUT2D eigenvalue weighted by Crippen LogP contribution is -2.31. The zero-order chi connectivity index (χ0) is 12.8. The largest absolute Gasteiger partial charge is 0.379 e. The van der Waals surface area contributed by atoms with Crippen LogP contribution in [0.25, 0.3) is 0 Å². The van der Waals surface area contributed by atoms with Crippen molar-refractivity contribution >= 4 is 0 Å². The summed E-state index contributed by atoms with van der Waals surface area (Å²) in [4.78, 5) is 0. The van der Waals surface area contributed by atoms with Gasteiger partial charge in [0.15, 0.2) is 0 Å². The predicted octanol–water partition coefficient (Wildman–Crippen LogP) is 3.38. The van der Waals surface area contributed by atoms with Crippen molar-refractivity contribution in [2.75, 3.05) is 14.2 Å². The van der Waals surface area contributed by atoms with E-state index in [2.05, 4.69) is 44.3 Å². The highest BCUT2D eigenvalue weighted by molar-refractivity contribution is 5.32. The van der Waals surface area contributed by atoms with Crippen LogP contribution >= 0.6 is 0 Å². The van der Waals surface area contributed by atoms with Gasteiger partial charge >= 0.3 is 0 Å². The van der Waals surface area contributed by atoms with Crippen LogP contribution in [0.15, 0.2) is 18.2 Å². The molecule has 1 N–H and O–H groups in total. The Morgan fingerprint density at radius 1 is 1.24 bits per heavy atom. The third-order valence-electron chi connectivity index (χ3n) is 3.45. The summed E-state index contributed by atoms with van der Waals surface area (Å²) in [7, 11) is 3.80. The van der Waals surface area contributed by atoms with E-state index in [1.807, 2.05) is 7.05 Å². The lowest BCUT2D eigenvalue weighted by atomic mass is 9.95. The molecule has 0 bridgehead atoms. The average molecular weight is 235 g/mol. The first kappa shape index (κ1) is 14.2. The Hall–Kier alpha value is -0.860. The molecule has 2 unspecified atom stereocenters. The lowest BCUT2D eigenvalue weighted by molar-refractivity contribution is 0.0630. The highest BCUT2D eigenvalue weighted by Gasteiger charge is 2.20. The van der Waals surface area contributed by atoms with Crippen molar-refractivity contribution in [1.82, 2.24) is 5.32 Å². The molecule has 2 heteroatoms. The number of aryl methyl sites for hydroxylation is 2. The molecule has 0 aliphatic rings. The van der Waals surface area contributed by atoms with Gasteiger partial charge in [-0.2, -0.15) is 0 Å². The first-order valence-corrected chi connectivity index (χ1v) is 6.41. The van der Waals surface area contributed by atoms with Crippen molar-refractivity contribution in [3.8, 4) is 0 Å². The second-order valence-corrected chi connectivity index (χ2v) is 4.67. The Kier molecular flexibility index (Phi) is 5.66. The maximum Gasteiger partial charge on any atom is 0.0765 e. The van der Waals surface area contributed by atoms with Crippen LogP contribution in [0.4, 0.5) is 0 Å². The number of hydrogen-bond donors (Lipinski definition) is 1. The summed E-state index contributed by atoms with van der Waals surface area (Å²) in [5.74, 6) is 0. The number of likely N-dealkylation sites (N-methyl/N-ethyl adjacent to an activating group) is 1. The van der Waals surface area contributed by atoms with E-state index >= 15 is 0 Å². The molecule has 2 atom stereocenters. The monoisotopic (exact) mass is 235 g/mol. The van der Waals surface area contributed by atoms with Gasteiger partial charge in [-0.3, -0.25) is 0 Å². The number of methoxy groups -OCH3 is 1. The van der Waals surface area contributed by atoms with E-state index in [0.29, 0.717) is 0 Å². The third-order valence-corrected chi connectivity index (χ3v) is 3.45. The van der Waals surface area contributed by atoms with E-state index in [1.165, 1.54) is 16.7 Å². The smallest absolute Gasteiger partial charge is 0.0765 e. The van der Waals surface area contributed by atoms with Gasteiger partial charge in [-0.1, -0.05) is 31.5 Å². The van der Waals surface area contributed by atoms with Crippen LogP contribution in [0.3, 0.4) is 0 Å². The Labute approximate surface area is 105 Å². The normalized spacial score (nSPS) is 14.6. The molecular formula is C15H25NO. The summed E-state index contributed by atoms with van der Waals surface area (Å²) in [6, 6.07) is 6.93. The van der Waals surface area contributed by atoms with E-state index in [-0.39, 0.29) is 12.1 Å². The molecule has 0 aliphatic heterocycles. The van der Waals surface area contributed by atoms with E-state index in [1.54, 1.807) is 7.11 Å². The molecule has 0 fully saturated rings. The molecule has 0 heterocycles. The van der Waals surface area contributed by atoms with E-state index in [0.717, 1.165) is 12.8 Å². The van der Waals surface area contributed by atoms with Gasteiger partial charge in [-0.15, -0.1) is 0 Å². The van der Waals surface area contributed by atoms with Gasteiger partial charge in [-0.05, 0) is 44.0 Å². The van der Waals surface area contributed by atoms with Gasteiger partial charge in [0.2, 0.25) is 0 Å². The van der Waals surface area contributed by atoms with Crippen LogP contribution < -0.4 is 5.32 Å². The van der Waals surface area contributed by atoms with Gasteiger partial charge in [0.05, 0.1) is 12.1 Å². The number of benzene rings is 1. The highest BCUT2D eigenvalue weighted by atomic mass is 16.5. The van der Waals surface area contributed by atoms with Crippen LogP contribution in [0.1, 0.15) is 42.5 Å². The van der Waals surface area contributed by atoms with Crippen LogP contribution in [0.2, 0.25) is 0 Å². The van der Waals surface area contributed by atoms with Crippen LogP contribution in [0.5, 0.6) is 0 Å². The highest BCUT2D eigenvalue weighted by Crippen LogP contribution is 2.23. The summed E-state index contributed by atoms with van der Waals surface area (Å²) in [5, 5.41) is 3.38. The van der Waals surface area contributed by atoms with Gasteiger partial charge in [-0.25, -0.2) is 0 Å². The van der Waals surface area contributed by atoms with Crippen molar-refractivity contribution in [3.05, 3.63) is 34.9 Å². The second-order valence-electron chi connectivity index (χ2n) is 4.67. The molecule has 1 aromatic carbocycles.